The molecule has 3 rings (SSSR count). The Morgan fingerprint density at radius 1 is 1.41 bits per heavy atom. The number of aliphatic hydroxyl groups excluding tert-OH is 1. The van der Waals surface area contributed by atoms with Crippen LogP contribution in [0.15, 0.2) is 43.0 Å². The molecule has 2 aliphatic heterocycles. The van der Waals surface area contributed by atoms with Gasteiger partial charge in [0.1, 0.15) is 6.61 Å². The van der Waals surface area contributed by atoms with Crippen LogP contribution in [0.5, 0.6) is 0 Å². The van der Waals surface area contributed by atoms with Crippen LogP contribution in [-0.2, 0) is 15.1 Å². The van der Waals surface area contributed by atoms with Gasteiger partial charge in [0, 0.05) is 30.3 Å². The van der Waals surface area contributed by atoms with Crippen molar-refractivity contribution in [1.29, 1.82) is 0 Å². The summed E-state index contributed by atoms with van der Waals surface area (Å²) in [6.07, 6.45) is 5.07. The van der Waals surface area contributed by atoms with E-state index in [0.29, 0.717) is 36.5 Å². The van der Waals surface area contributed by atoms with Crippen molar-refractivity contribution < 1.29 is 24.5 Å². The van der Waals surface area contributed by atoms with E-state index < -0.39 is 23.5 Å². The molecule has 0 radical (unpaired) electrons. The van der Waals surface area contributed by atoms with Crippen molar-refractivity contribution in [2.24, 2.45) is 5.92 Å². The van der Waals surface area contributed by atoms with Gasteiger partial charge in [-0.1, -0.05) is 25.2 Å². The lowest BCUT2D eigenvalue weighted by Gasteiger charge is -2.27. The Morgan fingerprint density at radius 3 is 2.81 bits per heavy atom. The largest absolute Gasteiger partial charge is 0.447 e. The SMILES string of the molecule is C=CCN1C(=O)[C@](O)([C@H](C)/C=C/CCO)c2cc(N3CCOC3=O)ccc21. The topological polar surface area (TPSA) is 90.3 Å². The fourth-order valence-electron chi connectivity index (χ4n) is 3.56. The predicted octanol–water partition coefficient (Wildman–Crippen LogP) is 1.94. The molecular weight excluding hydrogens is 348 g/mol. The van der Waals surface area contributed by atoms with Crippen molar-refractivity contribution in [3.8, 4) is 0 Å². The molecule has 0 spiro atoms. The molecule has 0 bridgehead atoms. The minimum Gasteiger partial charge on any atom is -0.447 e. The Hall–Kier alpha value is -2.64. The van der Waals surface area contributed by atoms with Gasteiger partial charge in [0.2, 0.25) is 0 Å². The average Bonchev–Trinajstić information content (AvgIpc) is 3.18. The predicted molar refractivity (Wildman–Crippen MR) is 102 cm³/mol. The van der Waals surface area contributed by atoms with Crippen molar-refractivity contribution in [3.05, 3.63) is 48.6 Å². The highest BCUT2D eigenvalue weighted by Gasteiger charge is 2.52. The molecule has 7 heteroatoms. The fourth-order valence-corrected chi connectivity index (χ4v) is 3.56. The maximum Gasteiger partial charge on any atom is 0.414 e. The molecule has 0 aromatic heterocycles. The van der Waals surface area contributed by atoms with E-state index in [4.69, 9.17) is 9.84 Å². The van der Waals surface area contributed by atoms with Crippen LogP contribution in [0.2, 0.25) is 0 Å². The second-order valence-electron chi connectivity index (χ2n) is 6.67. The van der Waals surface area contributed by atoms with Crippen LogP contribution < -0.4 is 9.80 Å². The highest BCUT2D eigenvalue weighted by atomic mass is 16.6. The Bertz CT molecular complexity index is 791. The van der Waals surface area contributed by atoms with Crippen molar-refractivity contribution in [3.63, 3.8) is 0 Å². The van der Waals surface area contributed by atoms with Crippen molar-refractivity contribution in [1.82, 2.24) is 0 Å². The van der Waals surface area contributed by atoms with Gasteiger partial charge in [0.05, 0.1) is 12.2 Å². The van der Waals surface area contributed by atoms with Gasteiger partial charge in [-0.2, -0.15) is 0 Å². The molecule has 27 heavy (non-hydrogen) atoms. The number of amides is 2. The number of aliphatic hydroxyl groups is 2. The Kier molecular flexibility index (Phi) is 5.34. The van der Waals surface area contributed by atoms with Gasteiger partial charge >= 0.3 is 6.09 Å². The normalized spacial score (nSPS) is 23.1. The summed E-state index contributed by atoms with van der Waals surface area (Å²) in [7, 11) is 0. The van der Waals surface area contributed by atoms with Crippen LogP contribution >= 0.6 is 0 Å². The number of rotatable bonds is 7. The molecule has 1 fully saturated rings. The highest BCUT2D eigenvalue weighted by molar-refractivity contribution is 6.08. The summed E-state index contributed by atoms with van der Waals surface area (Å²) in [5, 5.41) is 20.4. The Labute approximate surface area is 158 Å². The molecule has 2 atom stereocenters. The zero-order valence-corrected chi connectivity index (χ0v) is 15.3. The number of nitrogens with zero attached hydrogens (tertiary/aromatic N) is 2. The van der Waals surface area contributed by atoms with Gasteiger partial charge < -0.3 is 19.8 Å². The lowest BCUT2D eigenvalue weighted by molar-refractivity contribution is -0.139. The number of ether oxygens (including phenoxy) is 1. The van der Waals surface area contributed by atoms with Gasteiger partial charge in [-0.15, -0.1) is 6.58 Å². The van der Waals surface area contributed by atoms with E-state index >= 15 is 0 Å². The quantitative estimate of drug-likeness (QED) is 0.714. The minimum atomic E-state index is -1.76. The number of carbonyl (C=O) groups is 2. The molecule has 144 valence electrons. The Balaban J connectivity index is 2.06. The molecule has 1 aromatic rings. The smallest absolute Gasteiger partial charge is 0.414 e. The van der Waals surface area contributed by atoms with Gasteiger partial charge in [-0.3, -0.25) is 9.69 Å². The third kappa shape index (κ3) is 3.13. The summed E-state index contributed by atoms with van der Waals surface area (Å²) in [6.45, 7) is 6.44. The van der Waals surface area contributed by atoms with Gasteiger partial charge in [-0.05, 0) is 24.6 Å². The van der Waals surface area contributed by atoms with Crippen LogP contribution in [0.1, 0.15) is 18.9 Å². The Morgan fingerprint density at radius 2 is 2.19 bits per heavy atom. The summed E-state index contributed by atoms with van der Waals surface area (Å²) in [5.74, 6) is -0.953. The first-order chi connectivity index (χ1) is 12.9. The van der Waals surface area contributed by atoms with Crippen LogP contribution in [0.25, 0.3) is 0 Å². The highest BCUT2D eigenvalue weighted by Crippen LogP contribution is 2.46. The molecule has 7 nitrogen and oxygen atoms in total. The number of cyclic esters (lactones) is 1. The summed E-state index contributed by atoms with van der Waals surface area (Å²) >= 11 is 0. The molecule has 2 amide bonds. The molecule has 1 aromatic carbocycles. The molecule has 0 unspecified atom stereocenters. The average molecular weight is 372 g/mol. The summed E-state index contributed by atoms with van der Waals surface area (Å²) in [4.78, 5) is 27.9. The number of hydrogen-bond donors (Lipinski definition) is 2. The van der Waals surface area contributed by atoms with E-state index in [1.165, 1.54) is 9.80 Å². The molecule has 2 heterocycles. The monoisotopic (exact) mass is 372 g/mol. The third-order valence-electron chi connectivity index (χ3n) is 5.02. The van der Waals surface area contributed by atoms with Crippen LogP contribution in [-0.4, -0.2) is 48.5 Å². The van der Waals surface area contributed by atoms with E-state index in [-0.39, 0.29) is 13.2 Å². The van der Waals surface area contributed by atoms with Crippen molar-refractivity contribution in [2.75, 3.05) is 36.1 Å². The molecule has 2 N–H and O–H groups in total. The third-order valence-corrected chi connectivity index (χ3v) is 5.02. The number of benzene rings is 1. The molecule has 1 saturated heterocycles. The van der Waals surface area contributed by atoms with Crippen LogP contribution in [0.4, 0.5) is 16.2 Å². The molecule has 0 aliphatic carbocycles. The first kappa shape index (κ1) is 19.1. The lowest BCUT2D eigenvalue weighted by Crippen LogP contribution is -2.44. The number of carbonyl (C=O) groups excluding carboxylic acids is 2. The second kappa shape index (κ2) is 7.54. The summed E-state index contributed by atoms with van der Waals surface area (Å²) < 4.78 is 4.98. The van der Waals surface area contributed by atoms with Crippen LogP contribution in [0, 0.1) is 5.92 Å². The van der Waals surface area contributed by atoms with E-state index in [2.05, 4.69) is 6.58 Å². The zero-order valence-electron chi connectivity index (χ0n) is 15.3. The second-order valence-corrected chi connectivity index (χ2v) is 6.67. The number of anilines is 2. The first-order valence-electron chi connectivity index (χ1n) is 8.96. The molecule has 2 aliphatic rings. The number of fused-ring (bicyclic) bond motifs is 1. The standard InChI is InChI=1S/C20H24N2O5/c1-3-9-22-17-8-7-15(21-10-12-27-19(21)25)13-16(17)20(26,18(22)24)14(2)6-4-5-11-23/h3-4,6-8,13-14,23,26H,1,5,9-12H2,2H3/b6-4+/t14-,20+/m1/s1. The first-order valence-corrected chi connectivity index (χ1v) is 8.96. The minimum absolute atomic E-state index is 0.00398. The number of hydrogen-bond acceptors (Lipinski definition) is 5. The summed E-state index contributed by atoms with van der Waals surface area (Å²) in [6, 6.07) is 5.16. The summed E-state index contributed by atoms with van der Waals surface area (Å²) in [5.41, 5.74) is -0.132. The lowest BCUT2D eigenvalue weighted by atomic mass is 9.82. The molecule has 0 saturated carbocycles. The van der Waals surface area contributed by atoms with E-state index in [1.807, 2.05) is 0 Å². The maximum atomic E-state index is 13.1. The van der Waals surface area contributed by atoms with Crippen molar-refractivity contribution in [2.45, 2.75) is 18.9 Å². The zero-order chi connectivity index (χ0) is 19.6. The van der Waals surface area contributed by atoms with Gasteiger partial charge in [0.25, 0.3) is 5.91 Å². The van der Waals surface area contributed by atoms with Gasteiger partial charge in [0.15, 0.2) is 5.60 Å². The van der Waals surface area contributed by atoms with Gasteiger partial charge in [-0.25, -0.2) is 4.79 Å². The van der Waals surface area contributed by atoms with E-state index in [0.717, 1.165) is 0 Å². The maximum absolute atomic E-state index is 13.1. The van der Waals surface area contributed by atoms with Crippen LogP contribution in [0.3, 0.4) is 0 Å². The molecular formula is C20H24N2O5. The van der Waals surface area contributed by atoms with Crippen molar-refractivity contribution >= 4 is 23.4 Å². The van der Waals surface area contributed by atoms with E-state index in [1.54, 1.807) is 43.4 Å². The van der Waals surface area contributed by atoms with E-state index in [9.17, 15) is 14.7 Å². The fraction of sp³-hybridized carbons (Fsp3) is 0.400.